The van der Waals surface area contributed by atoms with Crippen molar-refractivity contribution in [3.63, 3.8) is 0 Å². The zero-order valence-corrected chi connectivity index (χ0v) is 21.8. The number of hydrogen-bond acceptors (Lipinski definition) is 5. The van der Waals surface area contributed by atoms with Gasteiger partial charge in [0.25, 0.3) is 11.7 Å². The molecular formula is C27H22Cl2N2O4S. The second-order valence-corrected chi connectivity index (χ2v) is 10.3. The number of carbonyl (C=O) groups excluding carboxylic acids is 2. The number of halogens is 2. The van der Waals surface area contributed by atoms with E-state index in [1.54, 1.807) is 4.90 Å². The van der Waals surface area contributed by atoms with Crippen LogP contribution >= 0.6 is 34.5 Å². The van der Waals surface area contributed by atoms with Crippen LogP contribution in [0.5, 0.6) is 5.75 Å². The zero-order valence-electron chi connectivity index (χ0n) is 19.5. The van der Waals surface area contributed by atoms with Crippen LogP contribution in [0, 0.1) is 6.92 Å². The van der Waals surface area contributed by atoms with Crippen LogP contribution in [-0.4, -0.2) is 40.3 Å². The quantitative estimate of drug-likeness (QED) is 0.166. The van der Waals surface area contributed by atoms with Gasteiger partial charge in [-0.3, -0.25) is 9.59 Å². The molecule has 1 aliphatic rings. The molecule has 36 heavy (non-hydrogen) atoms. The summed E-state index contributed by atoms with van der Waals surface area (Å²) in [7, 11) is 1.44. The van der Waals surface area contributed by atoms with E-state index >= 15 is 0 Å². The van der Waals surface area contributed by atoms with E-state index < -0.39 is 17.7 Å². The number of likely N-dealkylation sites (tertiary alicyclic amines) is 1. The zero-order chi connectivity index (χ0) is 25.6. The van der Waals surface area contributed by atoms with Crippen molar-refractivity contribution >= 4 is 62.9 Å². The van der Waals surface area contributed by atoms with Gasteiger partial charge in [-0.15, -0.1) is 11.3 Å². The van der Waals surface area contributed by atoms with Gasteiger partial charge < -0.3 is 19.7 Å². The number of hydrogen-bond donors (Lipinski definition) is 2. The fourth-order valence-electron chi connectivity index (χ4n) is 4.67. The highest BCUT2D eigenvalue weighted by molar-refractivity contribution is 7.10. The minimum Gasteiger partial charge on any atom is -0.507 e. The summed E-state index contributed by atoms with van der Waals surface area (Å²) in [6.07, 6.45) is 2.46. The maximum absolute atomic E-state index is 13.3. The number of aryl methyl sites for hydroxylation is 1. The summed E-state index contributed by atoms with van der Waals surface area (Å²) in [5, 5.41) is 14.7. The number of aromatic nitrogens is 1. The standard InChI is InChI=1S/C27H22Cl2N2O4S/c1-14-8-10-36-26(14)22-21(23(32)16-11-18(28)25(35-2)19(29)12-16)24(33)27(34)31(22)9-7-15-13-30-20-6-4-3-5-17(15)20/h3-6,8,10-13,22,30,32H,7,9H2,1-2H3/b23-21-. The monoisotopic (exact) mass is 540 g/mol. The number of para-hydroxylation sites is 1. The number of nitrogens with one attached hydrogen (secondary N) is 1. The lowest BCUT2D eigenvalue weighted by Gasteiger charge is -2.25. The van der Waals surface area contributed by atoms with E-state index in [2.05, 4.69) is 4.98 Å². The van der Waals surface area contributed by atoms with E-state index in [1.165, 1.54) is 30.6 Å². The van der Waals surface area contributed by atoms with Gasteiger partial charge in [0.05, 0.1) is 28.8 Å². The van der Waals surface area contributed by atoms with Gasteiger partial charge >= 0.3 is 0 Å². The molecule has 0 bridgehead atoms. The maximum Gasteiger partial charge on any atom is 0.295 e. The molecule has 1 fully saturated rings. The molecule has 0 saturated carbocycles. The fraction of sp³-hybridized carbons (Fsp3) is 0.185. The molecule has 1 unspecified atom stereocenters. The Morgan fingerprint density at radius 1 is 1.17 bits per heavy atom. The van der Waals surface area contributed by atoms with Crippen LogP contribution in [0.4, 0.5) is 0 Å². The minimum absolute atomic E-state index is 0.0155. The van der Waals surface area contributed by atoms with Crippen molar-refractivity contribution in [3.05, 3.63) is 91.2 Å². The van der Waals surface area contributed by atoms with Crippen LogP contribution in [-0.2, 0) is 16.0 Å². The van der Waals surface area contributed by atoms with Crippen molar-refractivity contribution in [3.8, 4) is 5.75 Å². The highest BCUT2D eigenvalue weighted by Gasteiger charge is 2.47. The van der Waals surface area contributed by atoms with Crippen LogP contribution in [0.25, 0.3) is 16.7 Å². The summed E-state index contributed by atoms with van der Waals surface area (Å²) < 4.78 is 5.19. The Bertz CT molecular complexity index is 1510. The van der Waals surface area contributed by atoms with E-state index in [0.717, 1.165) is 26.9 Å². The van der Waals surface area contributed by atoms with Crippen molar-refractivity contribution in [1.82, 2.24) is 9.88 Å². The van der Waals surface area contributed by atoms with Crippen molar-refractivity contribution in [2.24, 2.45) is 0 Å². The Morgan fingerprint density at radius 3 is 2.56 bits per heavy atom. The summed E-state index contributed by atoms with van der Waals surface area (Å²) >= 11 is 14.0. The number of aromatic amines is 1. The molecule has 3 heterocycles. The second-order valence-electron chi connectivity index (χ2n) is 8.54. The van der Waals surface area contributed by atoms with E-state index in [9.17, 15) is 14.7 Å². The Hall–Kier alpha value is -3.26. The molecule has 2 aromatic carbocycles. The lowest BCUT2D eigenvalue weighted by atomic mass is 9.98. The fourth-order valence-corrected chi connectivity index (χ4v) is 6.36. The van der Waals surface area contributed by atoms with Crippen LogP contribution in [0.15, 0.2) is 59.6 Å². The average Bonchev–Trinajstić information content (AvgIpc) is 3.54. The molecule has 0 spiro atoms. The first-order valence-electron chi connectivity index (χ1n) is 11.2. The first kappa shape index (κ1) is 24.4. The average molecular weight is 541 g/mol. The Balaban J connectivity index is 1.58. The van der Waals surface area contributed by atoms with Gasteiger partial charge in [-0.25, -0.2) is 0 Å². The molecule has 0 aliphatic carbocycles. The number of rotatable bonds is 6. The molecule has 184 valence electrons. The number of aliphatic hydroxyl groups is 1. The van der Waals surface area contributed by atoms with Gasteiger partial charge in [0.15, 0.2) is 5.75 Å². The third kappa shape index (κ3) is 4.07. The molecule has 5 rings (SSSR count). The topological polar surface area (TPSA) is 82.6 Å². The van der Waals surface area contributed by atoms with Gasteiger partial charge in [0.2, 0.25) is 0 Å². The molecule has 1 atom stereocenters. The van der Waals surface area contributed by atoms with E-state index in [4.69, 9.17) is 27.9 Å². The largest absolute Gasteiger partial charge is 0.507 e. The highest BCUT2D eigenvalue weighted by atomic mass is 35.5. The predicted molar refractivity (Wildman–Crippen MR) is 143 cm³/mol. The Kier molecular flexibility index (Phi) is 6.55. The number of amides is 1. The number of nitrogens with zero attached hydrogens (tertiary/aromatic N) is 1. The van der Waals surface area contributed by atoms with Crippen molar-refractivity contribution in [2.45, 2.75) is 19.4 Å². The molecule has 2 aromatic heterocycles. The summed E-state index contributed by atoms with van der Waals surface area (Å²) in [5.41, 5.74) is 3.23. The number of ether oxygens (including phenoxy) is 1. The molecule has 9 heteroatoms. The molecule has 4 aromatic rings. The summed E-state index contributed by atoms with van der Waals surface area (Å²) in [6, 6.07) is 12.1. The molecule has 1 amide bonds. The number of methoxy groups -OCH3 is 1. The molecule has 1 saturated heterocycles. The Labute approximate surface area is 221 Å². The third-order valence-electron chi connectivity index (χ3n) is 6.46. The summed E-state index contributed by atoms with van der Waals surface area (Å²) in [5.74, 6) is -1.46. The van der Waals surface area contributed by atoms with Gasteiger partial charge in [-0.05, 0) is 54.1 Å². The van der Waals surface area contributed by atoms with Crippen molar-refractivity contribution in [2.75, 3.05) is 13.7 Å². The van der Waals surface area contributed by atoms with E-state index in [1.807, 2.05) is 48.8 Å². The SMILES string of the molecule is COc1c(Cl)cc(/C(O)=C2/C(=O)C(=O)N(CCc3c[nH]c4ccccc34)C2c2sccc2C)cc1Cl. The smallest absolute Gasteiger partial charge is 0.295 e. The molecule has 6 nitrogen and oxygen atoms in total. The number of aliphatic hydroxyl groups excluding tert-OH is 1. The van der Waals surface area contributed by atoms with Crippen LogP contribution < -0.4 is 4.74 Å². The lowest BCUT2D eigenvalue weighted by molar-refractivity contribution is -0.139. The summed E-state index contributed by atoms with van der Waals surface area (Å²) in [6.45, 7) is 2.22. The van der Waals surface area contributed by atoms with Gasteiger partial charge in [0.1, 0.15) is 5.76 Å². The van der Waals surface area contributed by atoms with Crippen molar-refractivity contribution < 1.29 is 19.4 Å². The Morgan fingerprint density at radius 2 is 1.89 bits per heavy atom. The molecule has 2 N–H and O–H groups in total. The number of ketones is 1. The number of H-pyrrole nitrogens is 1. The van der Waals surface area contributed by atoms with Gasteiger partial charge in [0, 0.05) is 34.1 Å². The number of Topliss-reactive ketones (excluding diaryl/α,β-unsaturated/α-hetero) is 1. The number of thiophene rings is 1. The number of benzene rings is 2. The first-order valence-corrected chi connectivity index (χ1v) is 12.9. The second kappa shape index (κ2) is 9.65. The molecule has 1 aliphatic heterocycles. The van der Waals surface area contributed by atoms with Crippen LogP contribution in [0.3, 0.4) is 0 Å². The predicted octanol–water partition coefficient (Wildman–Crippen LogP) is 6.52. The highest BCUT2D eigenvalue weighted by Crippen LogP contribution is 2.44. The normalized spacial score (nSPS) is 17.3. The van der Waals surface area contributed by atoms with E-state index in [0.29, 0.717) is 13.0 Å². The maximum atomic E-state index is 13.3. The molecule has 0 radical (unpaired) electrons. The molecular weight excluding hydrogens is 519 g/mol. The summed E-state index contributed by atoms with van der Waals surface area (Å²) in [4.78, 5) is 32.2. The van der Waals surface area contributed by atoms with Gasteiger partial charge in [-0.2, -0.15) is 0 Å². The third-order valence-corrected chi connectivity index (χ3v) is 8.10. The first-order chi connectivity index (χ1) is 17.3. The van der Waals surface area contributed by atoms with Crippen LogP contribution in [0.2, 0.25) is 10.0 Å². The van der Waals surface area contributed by atoms with E-state index in [-0.39, 0.29) is 32.7 Å². The van der Waals surface area contributed by atoms with Crippen LogP contribution in [0.1, 0.15) is 27.6 Å². The minimum atomic E-state index is -0.743. The van der Waals surface area contributed by atoms with Gasteiger partial charge in [-0.1, -0.05) is 41.4 Å². The van der Waals surface area contributed by atoms with Crippen molar-refractivity contribution in [1.29, 1.82) is 0 Å². The lowest BCUT2D eigenvalue weighted by Crippen LogP contribution is -2.31. The number of carbonyl (C=O) groups is 2. The number of fused-ring (bicyclic) bond motifs is 1.